The molecule has 0 spiro atoms. The molecule has 0 aliphatic rings. The number of rotatable bonds is 15. The largest absolute Gasteiger partial charge is 0.365 e. The number of carbonyl (C=O) groups is 3. The highest BCUT2D eigenvalue weighted by molar-refractivity contribution is 7.99. The van der Waals surface area contributed by atoms with E-state index < -0.39 is 13.1 Å². The molecule has 8 heteroatoms. The number of carbonyl (C=O) groups excluding carboxylic acids is 3. The second-order valence-corrected chi connectivity index (χ2v) is 17.5. The molecule has 6 rings (SSSR count). The number of ketones is 1. The van der Waals surface area contributed by atoms with E-state index in [1.165, 1.54) is 0 Å². The summed E-state index contributed by atoms with van der Waals surface area (Å²) in [5, 5.41) is 5.13. The van der Waals surface area contributed by atoms with Crippen LogP contribution in [0.15, 0.2) is 173 Å². The van der Waals surface area contributed by atoms with Gasteiger partial charge in [0, 0.05) is 31.5 Å². The van der Waals surface area contributed by atoms with Crippen molar-refractivity contribution < 1.29 is 23.8 Å². The molecule has 0 bridgehead atoms. The lowest BCUT2D eigenvalue weighted by atomic mass is 10.0. The maximum atomic E-state index is 14.2. The normalized spacial score (nSPS) is 11.3. The molecular formula is C49H48NO5PS. The number of unbranched alkanes of at least 4 members (excludes halogenated alkanes) is 3. The molecule has 0 radical (unpaired) electrons. The number of oxime groups is 1. The minimum absolute atomic E-state index is 0.210. The van der Waals surface area contributed by atoms with Crippen molar-refractivity contribution in [3.8, 4) is 0 Å². The standard InChI is InChI=1S/C27H27NO3S.C22H21O2P/c1-2-3-4-11-16-25(28-31-27(30)22-12-7-5-8-13-22)26(29)21-17-19-24(20-18-21)32-23-14-9-6-10-15-23;1-16-14-17(2)21(18(3)15-16)22(23)25(24,19-10-6-4-7-11-19)20-12-8-5-9-13-20/h5-10,12-15,17-20H,2-4,11,16H2,1H3;4-15H,1-3H3. The molecule has 6 aromatic carbocycles. The van der Waals surface area contributed by atoms with Crippen molar-refractivity contribution in [2.75, 3.05) is 0 Å². The third kappa shape index (κ3) is 11.5. The van der Waals surface area contributed by atoms with Crippen LogP contribution in [0.5, 0.6) is 0 Å². The van der Waals surface area contributed by atoms with Gasteiger partial charge in [-0.15, -0.1) is 0 Å². The summed E-state index contributed by atoms with van der Waals surface area (Å²) in [5.74, 6) is -0.780. The molecule has 0 aromatic heterocycles. The van der Waals surface area contributed by atoms with E-state index in [1.807, 2.05) is 118 Å². The van der Waals surface area contributed by atoms with Crippen molar-refractivity contribution in [2.24, 2.45) is 5.16 Å². The molecule has 0 saturated heterocycles. The maximum absolute atomic E-state index is 14.2. The van der Waals surface area contributed by atoms with E-state index in [4.69, 9.17) is 4.84 Å². The summed E-state index contributed by atoms with van der Waals surface area (Å²) in [6.45, 7) is 7.96. The number of aryl methyl sites for hydroxylation is 3. The summed E-state index contributed by atoms with van der Waals surface area (Å²) in [6.07, 6.45) is 4.49. The van der Waals surface area contributed by atoms with Gasteiger partial charge in [-0.05, 0) is 93.3 Å². The zero-order valence-electron chi connectivity index (χ0n) is 32.9. The first-order valence-corrected chi connectivity index (χ1v) is 21.7. The number of hydrogen-bond acceptors (Lipinski definition) is 7. The van der Waals surface area contributed by atoms with E-state index in [-0.39, 0.29) is 17.0 Å². The topological polar surface area (TPSA) is 89.9 Å². The predicted molar refractivity (Wildman–Crippen MR) is 234 cm³/mol. The van der Waals surface area contributed by atoms with Crippen LogP contribution < -0.4 is 10.6 Å². The van der Waals surface area contributed by atoms with E-state index in [9.17, 15) is 18.9 Å². The first kappa shape index (κ1) is 42.5. The molecule has 0 N–H and O–H groups in total. The fourth-order valence-electron chi connectivity index (χ4n) is 6.44. The van der Waals surface area contributed by atoms with Crippen molar-refractivity contribution in [3.05, 3.63) is 191 Å². The molecule has 57 heavy (non-hydrogen) atoms. The zero-order chi connectivity index (χ0) is 40.6. The fourth-order valence-corrected chi connectivity index (χ4v) is 9.90. The predicted octanol–water partition coefficient (Wildman–Crippen LogP) is 12.0. The molecule has 0 heterocycles. The SMILES string of the molecule is CCCCCCC(=NOC(=O)c1ccccc1)C(=O)c1ccc(Sc2ccccc2)cc1.Cc1cc(C)c(C(=O)P(=O)(c2ccccc2)c2ccccc2)c(C)c1. The van der Waals surface area contributed by atoms with Crippen LogP contribution in [0.3, 0.4) is 0 Å². The Labute approximate surface area is 340 Å². The second kappa shape index (κ2) is 21.1. The first-order valence-electron chi connectivity index (χ1n) is 19.2. The Balaban J connectivity index is 0.000000224. The van der Waals surface area contributed by atoms with Gasteiger partial charge in [0.05, 0.1) is 5.56 Å². The lowest BCUT2D eigenvalue weighted by Gasteiger charge is -2.20. The minimum atomic E-state index is -3.44. The molecular weight excluding hydrogens is 746 g/mol. The monoisotopic (exact) mass is 793 g/mol. The van der Waals surface area contributed by atoms with Crippen LogP contribution in [0.1, 0.15) is 86.8 Å². The van der Waals surface area contributed by atoms with Gasteiger partial charge in [-0.1, -0.05) is 158 Å². The Bertz CT molecular complexity index is 2260. The number of Topliss-reactive ketones (excluding diaryl/α,β-unsaturated/α-hetero) is 1. The molecule has 6 aromatic rings. The molecule has 290 valence electrons. The van der Waals surface area contributed by atoms with Crippen LogP contribution in [-0.4, -0.2) is 23.0 Å². The van der Waals surface area contributed by atoms with Gasteiger partial charge in [-0.2, -0.15) is 0 Å². The van der Waals surface area contributed by atoms with Crippen LogP contribution >= 0.6 is 18.9 Å². The van der Waals surface area contributed by atoms with Gasteiger partial charge < -0.3 is 9.40 Å². The molecule has 0 aliphatic heterocycles. The van der Waals surface area contributed by atoms with Crippen molar-refractivity contribution in [1.29, 1.82) is 0 Å². The Morgan fingerprint density at radius 3 is 1.61 bits per heavy atom. The number of nitrogens with zero attached hydrogens (tertiary/aromatic N) is 1. The summed E-state index contributed by atoms with van der Waals surface area (Å²) in [6, 6.07) is 48.3. The number of hydrogen-bond donors (Lipinski definition) is 0. The summed E-state index contributed by atoms with van der Waals surface area (Å²) in [4.78, 5) is 46.2. The zero-order valence-corrected chi connectivity index (χ0v) is 34.6. The molecule has 0 saturated carbocycles. The lowest BCUT2D eigenvalue weighted by Crippen LogP contribution is -2.23. The molecule has 0 aliphatic carbocycles. The maximum Gasteiger partial charge on any atom is 0.365 e. The molecule has 0 amide bonds. The van der Waals surface area contributed by atoms with Gasteiger partial charge in [0.2, 0.25) is 18.4 Å². The van der Waals surface area contributed by atoms with Crippen LogP contribution in [-0.2, 0) is 9.40 Å². The van der Waals surface area contributed by atoms with Gasteiger partial charge >= 0.3 is 5.97 Å². The smallest absolute Gasteiger partial charge is 0.312 e. The van der Waals surface area contributed by atoms with Gasteiger partial charge in [-0.25, -0.2) is 4.79 Å². The van der Waals surface area contributed by atoms with E-state index in [1.54, 1.807) is 72.4 Å². The van der Waals surface area contributed by atoms with Crippen LogP contribution in [0, 0.1) is 20.8 Å². The average Bonchev–Trinajstić information content (AvgIpc) is 3.24. The van der Waals surface area contributed by atoms with Gasteiger partial charge in [0.1, 0.15) is 5.71 Å². The van der Waals surface area contributed by atoms with Crippen molar-refractivity contribution in [3.63, 3.8) is 0 Å². The van der Waals surface area contributed by atoms with E-state index >= 15 is 0 Å². The Hall–Kier alpha value is -5.62. The summed E-state index contributed by atoms with van der Waals surface area (Å²) in [7, 11) is -3.44. The Morgan fingerprint density at radius 1 is 0.596 bits per heavy atom. The van der Waals surface area contributed by atoms with Crippen LogP contribution in [0.25, 0.3) is 0 Å². The third-order valence-electron chi connectivity index (χ3n) is 9.29. The van der Waals surface area contributed by atoms with E-state index in [2.05, 4.69) is 12.1 Å². The molecule has 0 fully saturated rings. The Morgan fingerprint density at radius 2 is 1.09 bits per heavy atom. The summed E-state index contributed by atoms with van der Waals surface area (Å²) >= 11 is 1.64. The fraction of sp³-hybridized carbons (Fsp3) is 0.184. The first-order chi connectivity index (χ1) is 27.6. The summed E-state index contributed by atoms with van der Waals surface area (Å²) in [5.41, 5.74) is 4.32. The van der Waals surface area contributed by atoms with Crippen LogP contribution in [0.2, 0.25) is 0 Å². The van der Waals surface area contributed by atoms with Gasteiger partial charge in [0.15, 0.2) is 0 Å². The van der Waals surface area contributed by atoms with E-state index in [0.29, 0.717) is 33.7 Å². The van der Waals surface area contributed by atoms with Crippen molar-refractivity contribution in [2.45, 2.75) is 69.6 Å². The average molecular weight is 794 g/mol. The highest BCUT2D eigenvalue weighted by atomic mass is 32.2. The van der Waals surface area contributed by atoms with Crippen LogP contribution in [0.4, 0.5) is 0 Å². The summed E-state index contributed by atoms with van der Waals surface area (Å²) < 4.78 is 14.2. The van der Waals surface area contributed by atoms with Gasteiger partial charge in [-0.3, -0.25) is 9.59 Å². The third-order valence-corrected chi connectivity index (χ3v) is 13.2. The molecule has 6 nitrogen and oxygen atoms in total. The second-order valence-electron chi connectivity index (χ2n) is 13.7. The molecule has 0 unspecified atom stereocenters. The lowest BCUT2D eigenvalue weighted by molar-refractivity contribution is 0.0514. The minimum Gasteiger partial charge on any atom is -0.312 e. The molecule has 0 atom stereocenters. The highest BCUT2D eigenvalue weighted by Crippen LogP contribution is 2.48. The Kier molecular flexibility index (Phi) is 15.7. The van der Waals surface area contributed by atoms with E-state index in [0.717, 1.165) is 52.2 Å². The number of benzene rings is 6. The van der Waals surface area contributed by atoms with Gasteiger partial charge in [0.25, 0.3) is 0 Å². The highest BCUT2D eigenvalue weighted by Gasteiger charge is 2.37. The van der Waals surface area contributed by atoms with Crippen molar-refractivity contribution in [1.82, 2.24) is 0 Å². The van der Waals surface area contributed by atoms with Crippen molar-refractivity contribution >= 4 is 52.5 Å². The quantitative estimate of drug-likeness (QED) is 0.0257.